The lowest BCUT2D eigenvalue weighted by atomic mass is 9.69. The van der Waals surface area contributed by atoms with E-state index in [0.29, 0.717) is 6.42 Å². The predicted molar refractivity (Wildman–Crippen MR) is 139 cm³/mol. The lowest BCUT2D eigenvalue weighted by Gasteiger charge is -2.34. The predicted octanol–water partition coefficient (Wildman–Crippen LogP) is 5.26. The van der Waals surface area contributed by atoms with Gasteiger partial charge in [-0.05, 0) is 51.2 Å². The van der Waals surface area contributed by atoms with Crippen molar-refractivity contribution in [2.24, 2.45) is 23.2 Å². The second kappa shape index (κ2) is 11.1. The van der Waals surface area contributed by atoms with Gasteiger partial charge >= 0.3 is 5.97 Å². The molecule has 1 N–H and O–H groups in total. The summed E-state index contributed by atoms with van der Waals surface area (Å²) in [5.41, 5.74) is 0.270. The van der Waals surface area contributed by atoms with Crippen molar-refractivity contribution in [3.63, 3.8) is 0 Å². The zero-order valence-corrected chi connectivity index (χ0v) is 23.4. The maximum atomic E-state index is 13.4. The summed E-state index contributed by atoms with van der Waals surface area (Å²) in [6.07, 6.45) is 3.32. The highest BCUT2D eigenvalue weighted by molar-refractivity contribution is 7.09. The molecule has 3 heterocycles. The molecule has 198 valence electrons. The molecule has 1 aromatic heterocycles. The number of carbonyl (C=O) groups is 2. The van der Waals surface area contributed by atoms with Crippen molar-refractivity contribution >= 4 is 29.2 Å². The van der Waals surface area contributed by atoms with Crippen molar-refractivity contribution < 1.29 is 24.2 Å². The molecule has 2 fully saturated rings. The minimum Gasteiger partial charge on any atom is -0.458 e. The quantitative estimate of drug-likeness (QED) is 0.421. The Morgan fingerprint density at radius 3 is 2.61 bits per heavy atom. The van der Waals surface area contributed by atoms with Crippen molar-refractivity contribution in [3.8, 4) is 6.07 Å². The molecule has 0 aliphatic carbocycles. The summed E-state index contributed by atoms with van der Waals surface area (Å²) in [4.78, 5) is 31.0. The first kappa shape index (κ1) is 28.5. The van der Waals surface area contributed by atoms with E-state index in [4.69, 9.17) is 9.47 Å². The SMILES string of the molecule is CC(=Cc1csc(C)n1)[C@@H]1CC2O[C@]2(C)CCC[C@H](C)[C@H](O)C(C)C(=O)C(C)(C)[C@H](C#N)CC(=O)O1. The summed E-state index contributed by atoms with van der Waals surface area (Å²) in [5, 5.41) is 23.7. The van der Waals surface area contributed by atoms with Crippen LogP contribution in [0.5, 0.6) is 0 Å². The van der Waals surface area contributed by atoms with Crippen LogP contribution in [0.3, 0.4) is 0 Å². The molecule has 0 saturated carbocycles. The van der Waals surface area contributed by atoms with Gasteiger partial charge in [-0.3, -0.25) is 9.59 Å². The number of nitrogens with zero attached hydrogens (tertiary/aromatic N) is 2. The van der Waals surface area contributed by atoms with Crippen LogP contribution < -0.4 is 0 Å². The fourth-order valence-corrected chi connectivity index (χ4v) is 5.86. The number of rotatable bonds is 2. The first-order valence-electron chi connectivity index (χ1n) is 12.9. The number of epoxide rings is 1. The standard InChI is InChI=1S/C28H40N2O5S/c1-16-9-8-10-28(7)23(35-28)13-22(17(2)11-21-15-36-19(4)30-21)34-24(31)12-20(14-29)27(5,6)26(33)18(3)25(16)32/h11,15-16,18,20,22-23,25,32H,8-10,12-13H2,1-7H3/t16-,18?,20-,22-,23?,25-,28+/m0/s1. The highest BCUT2D eigenvalue weighted by Gasteiger charge is 2.53. The molecule has 36 heavy (non-hydrogen) atoms. The highest BCUT2D eigenvalue weighted by Crippen LogP contribution is 2.45. The van der Waals surface area contributed by atoms with Gasteiger partial charge in [0.05, 0.1) is 46.9 Å². The third-order valence-corrected chi connectivity index (χ3v) is 8.92. The van der Waals surface area contributed by atoms with E-state index in [1.165, 1.54) is 0 Å². The zero-order chi connectivity index (χ0) is 26.8. The second-order valence-electron chi connectivity index (χ2n) is 11.4. The monoisotopic (exact) mass is 516 g/mol. The molecule has 7 nitrogen and oxygen atoms in total. The van der Waals surface area contributed by atoms with Crippen LogP contribution in [0.4, 0.5) is 0 Å². The molecule has 0 bridgehead atoms. The summed E-state index contributed by atoms with van der Waals surface area (Å²) in [6.45, 7) is 13.0. The van der Waals surface area contributed by atoms with Crippen molar-refractivity contribution in [2.75, 3.05) is 0 Å². The van der Waals surface area contributed by atoms with Crippen molar-refractivity contribution in [1.29, 1.82) is 5.26 Å². The van der Waals surface area contributed by atoms with E-state index in [0.717, 1.165) is 35.5 Å². The van der Waals surface area contributed by atoms with Crippen LogP contribution >= 0.6 is 11.3 Å². The van der Waals surface area contributed by atoms with Crippen LogP contribution in [0.1, 0.15) is 84.3 Å². The molecule has 0 amide bonds. The smallest absolute Gasteiger partial charge is 0.307 e. The van der Waals surface area contributed by atoms with Gasteiger partial charge in [0, 0.05) is 23.1 Å². The molecule has 0 aromatic carbocycles. The Morgan fingerprint density at radius 2 is 2.00 bits per heavy atom. The molecule has 7 atom stereocenters. The largest absolute Gasteiger partial charge is 0.458 e. The molecule has 3 rings (SSSR count). The first-order valence-corrected chi connectivity index (χ1v) is 13.8. The molecule has 2 unspecified atom stereocenters. The molecule has 1 aromatic rings. The van der Waals surface area contributed by atoms with Gasteiger partial charge in [-0.1, -0.05) is 34.1 Å². The Morgan fingerprint density at radius 1 is 1.31 bits per heavy atom. The number of ether oxygens (including phenoxy) is 2. The first-order chi connectivity index (χ1) is 16.8. The minimum atomic E-state index is -1.11. The normalized spacial score (nSPS) is 36.5. The molecule has 0 spiro atoms. The highest BCUT2D eigenvalue weighted by atomic mass is 32.1. The lowest BCUT2D eigenvalue weighted by molar-refractivity contribution is -0.150. The fraction of sp³-hybridized carbons (Fsp3) is 0.714. The number of nitriles is 1. The number of aryl methyl sites for hydroxylation is 1. The number of cyclic esters (lactones) is 1. The number of aromatic nitrogens is 1. The minimum absolute atomic E-state index is 0.0485. The summed E-state index contributed by atoms with van der Waals surface area (Å²) in [6, 6.07) is 2.16. The van der Waals surface area contributed by atoms with Crippen molar-refractivity contribution in [2.45, 2.75) is 104 Å². The Kier molecular flexibility index (Phi) is 8.80. The van der Waals surface area contributed by atoms with Gasteiger partial charge in [0.1, 0.15) is 11.9 Å². The molecule has 2 saturated heterocycles. The number of hydrogen-bond acceptors (Lipinski definition) is 8. The molecule has 2 aliphatic heterocycles. The number of Topliss-reactive ketones (excluding diaryl/α,β-unsaturated/α-hetero) is 1. The van der Waals surface area contributed by atoms with Gasteiger partial charge in [0.25, 0.3) is 0 Å². The van der Waals surface area contributed by atoms with E-state index in [1.807, 2.05) is 32.2 Å². The van der Waals surface area contributed by atoms with Gasteiger partial charge in [-0.15, -0.1) is 11.3 Å². The van der Waals surface area contributed by atoms with E-state index in [9.17, 15) is 20.0 Å². The number of thiazole rings is 1. The Labute approximate surface area is 218 Å². The van der Waals surface area contributed by atoms with Crippen LogP contribution in [0, 0.1) is 41.4 Å². The Bertz CT molecular complexity index is 1040. The van der Waals surface area contributed by atoms with Crippen LogP contribution in [0.15, 0.2) is 11.0 Å². The van der Waals surface area contributed by atoms with E-state index in [-0.39, 0.29) is 29.8 Å². The Balaban J connectivity index is 1.89. The van der Waals surface area contributed by atoms with Crippen molar-refractivity contribution in [3.05, 3.63) is 21.7 Å². The summed E-state index contributed by atoms with van der Waals surface area (Å²) in [5.74, 6) is -2.32. The molecule has 0 radical (unpaired) electrons. The number of fused-ring (bicyclic) bond motifs is 1. The molecule has 8 heteroatoms. The van der Waals surface area contributed by atoms with Crippen LogP contribution in [-0.2, 0) is 19.1 Å². The number of aliphatic hydroxyl groups excluding tert-OH is 1. The average molecular weight is 517 g/mol. The van der Waals surface area contributed by atoms with E-state index >= 15 is 0 Å². The van der Waals surface area contributed by atoms with Crippen LogP contribution in [-0.4, -0.2) is 45.8 Å². The van der Waals surface area contributed by atoms with E-state index in [2.05, 4.69) is 18.0 Å². The topological polar surface area (TPSA) is 113 Å². The lowest BCUT2D eigenvalue weighted by Crippen LogP contribution is -2.43. The fourth-order valence-electron chi connectivity index (χ4n) is 5.29. The zero-order valence-electron chi connectivity index (χ0n) is 22.5. The molecule has 2 aliphatic rings. The average Bonchev–Trinajstić information content (AvgIpc) is 3.26. The van der Waals surface area contributed by atoms with E-state index < -0.39 is 35.4 Å². The number of aliphatic hydroxyl groups is 1. The number of esters is 1. The summed E-state index contributed by atoms with van der Waals surface area (Å²) in [7, 11) is 0. The molecular weight excluding hydrogens is 476 g/mol. The number of carbonyl (C=O) groups excluding carboxylic acids is 2. The van der Waals surface area contributed by atoms with Crippen LogP contribution in [0.2, 0.25) is 0 Å². The third kappa shape index (κ3) is 6.42. The Hall–Kier alpha value is -2.08. The summed E-state index contributed by atoms with van der Waals surface area (Å²) >= 11 is 1.56. The maximum absolute atomic E-state index is 13.4. The van der Waals surface area contributed by atoms with Gasteiger partial charge in [-0.2, -0.15) is 5.26 Å². The second-order valence-corrected chi connectivity index (χ2v) is 12.5. The molecular formula is C28H40N2O5S. The number of hydrogen-bond donors (Lipinski definition) is 1. The van der Waals surface area contributed by atoms with Gasteiger partial charge in [0.15, 0.2) is 0 Å². The maximum Gasteiger partial charge on any atom is 0.307 e. The summed E-state index contributed by atoms with van der Waals surface area (Å²) < 4.78 is 12.0. The third-order valence-electron chi connectivity index (χ3n) is 8.13. The van der Waals surface area contributed by atoms with E-state index in [1.54, 1.807) is 32.1 Å². The number of ketones is 1. The van der Waals surface area contributed by atoms with Crippen LogP contribution in [0.25, 0.3) is 6.08 Å². The van der Waals surface area contributed by atoms with Gasteiger partial charge in [0.2, 0.25) is 0 Å². The van der Waals surface area contributed by atoms with Gasteiger partial charge in [-0.25, -0.2) is 4.98 Å². The van der Waals surface area contributed by atoms with Crippen molar-refractivity contribution in [1.82, 2.24) is 4.98 Å². The van der Waals surface area contributed by atoms with Gasteiger partial charge < -0.3 is 14.6 Å².